The van der Waals surface area contributed by atoms with Gasteiger partial charge in [-0.3, -0.25) is 0 Å². The Balaban J connectivity index is 1.91. The van der Waals surface area contributed by atoms with E-state index in [1.54, 1.807) is 0 Å². The quantitative estimate of drug-likeness (QED) is 0.770. The summed E-state index contributed by atoms with van der Waals surface area (Å²) in [5.74, 6) is 0. The van der Waals surface area contributed by atoms with Crippen LogP contribution in [0.4, 0.5) is 5.69 Å². The number of fused-ring (bicyclic) bond motifs is 1. The standard InChI is InChI=1S/C16H17N/c1-11-6-8-13(9-7-11)16-10-14-12(2)4-3-5-15(14)17-16/h3-9,16-17H,10H2,1-2H3. The number of aryl methyl sites for hydroxylation is 2. The molecule has 0 amide bonds. The lowest BCUT2D eigenvalue weighted by molar-refractivity contribution is 0.821. The summed E-state index contributed by atoms with van der Waals surface area (Å²) in [5, 5.41) is 3.61. The normalized spacial score (nSPS) is 17.6. The molecule has 86 valence electrons. The molecule has 2 aromatic carbocycles. The highest BCUT2D eigenvalue weighted by atomic mass is 14.9. The molecule has 0 aromatic heterocycles. The maximum absolute atomic E-state index is 3.61. The van der Waals surface area contributed by atoms with Crippen LogP contribution in [0, 0.1) is 13.8 Å². The van der Waals surface area contributed by atoms with E-state index in [4.69, 9.17) is 0 Å². The Hall–Kier alpha value is -1.76. The van der Waals surface area contributed by atoms with E-state index >= 15 is 0 Å². The molecule has 0 spiro atoms. The lowest BCUT2D eigenvalue weighted by atomic mass is 9.99. The number of hydrogen-bond acceptors (Lipinski definition) is 1. The minimum atomic E-state index is 0.437. The Morgan fingerprint density at radius 3 is 2.47 bits per heavy atom. The van der Waals surface area contributed by atoms with Crippen LogP contribution >= 0.6 is 0 Å². The van der Waals surface area contributed by atoms with E-state index < -0.39 is 0 Å². The third kappa shape index (κ3) is 1.82. The van der Waals surface area contributed by atoms with Gasteiger partial charge in [0.25, 0.3) is 0 Å². The lowest BCUT2D eigenvalue weighted by Crippen LogP contribution is -2.05. The lowest BCUT2D eigenvalue weighted by Gasteiger charge is -2.11. The zero-order chi connectivity index (χ0) is 11.8. The van der Waals surface area contributed by atoms with Crippen molar-refractivity contribution < 1.29 is 0 Å². The second kappa shape index (κ2) is 3.92. The fourth-order valence-corrected chi connectivity index (χ4v) is 2.55. The minimum absolute atomic E-state index is 0.437. The predicted molar refractivity (Wildman–Crippen MR) is 72.4 cm³/mol. The van der Waals surface area contributed by atoms with E-state index in [1.165, 1.54) is 27.9 Å². The molecule has 0 fully saturated rings. The minimum Gasteiger partial charge on any atom is -0.378 e. The van der Waals surface area contributed by atoms with Crippen LogP contribution in [0.1, 0.15) is 28.3 Å². The SMILES string of the molecule is Cc1ccc(C2Cc3c(C)cccc3N2)cc1. The van der Waals surface area contributed by atoms with Crippen LogP contribution < -0.4 is 5.32 Å². The van der Waals surface area contributed by atoms with Crippen molar-refractivity contribution in [1.82, 2.24) is 0 Å². The summed E-state index contributed by atoms with van der Waals surface area (Å²) in [7, 11) is 0. The third-order valence-corrected chi connectivity index (χ3v) is 3.63. The van der Waals surface area contributed by atoms with Crippen LogP contribution in [-0.4, -0.2) is 0 Å². The molecule has 17 heavy (non-hydrogen) atoms. The summed E-state index contributed by atoms with van der Waals surface area (Å²) >= 11 is 0. The highest BCUT2D eigenvalue weighted by molar-refractivity contribution is 5.60. The Morgan fingerprint density at radius 2 is 1.76 bits per heavy atom. The van der Waals surface area contributed by atoms with Crippen molar-refractivity contribution in [3.63, 3.8) is 0 Å². The summed E-state index contributed by atoms with van der Waals surface area (Å²) in [6, 6.07) is 15.8. The number of nitrogens with one attached hydrogen (secondary N) is 1. The molecule has 1 heteroatoms. The monoisotopic (exact) mass is 223 g/mol. The van der Waals surface area contributed by atoms with Gasteiger partial charge in [-0.1, -0.05) is 42.0 Å². The van der Waals surface area contributed by atoms with E-state index in [2.05, 4.69) is 61.6 Å². The number of benzene rings is 2. The van der Waals surface area contributed by atoms with Gasteiger partial charge in [0.05, 0.1) is 6.04 Å². The van der Waals surface area contributed by atoms with E-state index in [0.717, 1.165) is 6.42 Å². The fraction of sp³-hybridized carbons (Fsp3) is 0.250. The molecule has 0 bridgehead atoms. The number of rotatable bonds is 1. The average Bonchev–Trinajstić information content (AvgIpc) is 2.75. The van der Waals surface area contributed by atoms with Crippen molar-refractivity contribution in [3.05, 3.63) is 64.7 Å². The molecule has 1 nitrogen and oxygen atoms in total. The molecule has 1 atom stereocenters. The Bertz CT molecular complexity index is 540. The molecule has 1 aliphatic heterocycles. The van der Waals surface area contributed by atoms with Crippen LogP contribution in [0.25, 0.3) is 0 Å². The molecule has 1 aliphatic rings. The molecule has 0 radical (unpaired) electrons. The Kier molecular flexibility index (Phi) is 2.40. The van der Waals surface area contributed by atoms with Crippen molar-refractivity contribution in [2.45, 2.75) is 26.3 Å². The van der Waals surface area contributed by atoms with Crippen molar-refractivity contribution in [2.24, 2.45) is 0 Å². The van der Waals surface area contributed by atoms with Crippen molar-refractivity contribution >= 4 is 5.69 Å². The molecule has 0 saturated carbocycles. The zero-order valence-corrected chi connectivity index (χ0v) is 10.3. The van der Waals surface area contributed by atoms with Crippen molar-refractivity contribution in [2.75, 3.05) is 5.32 Å². The second-order valence-corrected chi connectivity index (χ2v) is 4.91. The van der Waals surface area contributed by atoms with Crippen molar-refractivity contribution in [3.8, 4) is 0 Å². The first-order chi connectivity index (χ1) is 8.24. The van der Waals surface area contributed by atoms with Gasteiger partial charge in [-0.15, -0.1) is 0 Å². The molecule has 0 saturated heterocycles. The van der Waals surface area contributed by atoms with Crippen LogP contribution in [-0.2, 0) is 6.42 Å². The first-order valence-corrected chi connectivity index (χ1v) is 6.15. The first-order valence-electron chi connectivity index (χ1n) is 6.15. The highest BCUT2D eigenvalue weighted by Gasteiger charge is 2.22. The highest BCUT2D eigenvalue weighted by Crippen LogP contribution is 2.35. The van der Waals surface area contributed by atoms with Gasteiger partial charge in [-0.25, -0.2) is 0 Å². The third-order valence-electron chi connectivity index (χ3n) is 3.63. The summed E-state index contributed by atoms with van der Waals surface area (Å²) in [6.45, 7) is 4.32. The van der Waals surface area contributed by atoms with Gasteiger partial charge in [0.1, 0.15) is 0 Å². The van der Waals surface area contributed by atoms with Gasteiger partial charge in [0.2, 0.25) is 0 Å². The first kappa shape index (κ1) is 10.4. The van der Waals surface area contributed by atoms with Crippen molar-refractivity contribution in [1.29, 1.82) is 0 Å². The van der Waals surface area contributed by atoms with Crippen LogP contribution in [0.5, 0.6) is 0 Å². The molecular weight excluding hydrogens is 206 g/mol. The summed E-state index contributed by atoms with van der Waals surface area (Å²) in [5.41, 5.74) is 6.87. The van der Waals surface area contributed by atoms with Gasteiger partial charge in [-0.05, 0) is 43.0 Å². The second-order valence-electron chi connectivity index (χ2n) is 4.91. The molecule has 1 heterocycles. The number of hydrogen-bond donors (Lipinski definition) is 1. The molecular formula is C16H17N. The zero-order valence-electron chi connectivity index (χ0n) is 10.3. The summed E-state index contributed by atoms with van der Waals surface area (Å²) < 4.78 is 0. The molecule has 0 aliphatic carbocycles. The summed E-state index contributed by atoms with van der Waals surface area (Å²) in [6.07, 6.45) is 1.10. The van der Waals surface area contributed by atoms with Gasteiger partial charge >= 0.3 is 0 Å². The average molecular weight is 223 g/mol. The maximum atomic E-state index is 3.61. The van der Waals surface area contributed by atoms with Crippen LogP contribution in [0.3, 0.4) is 0 Å². The number of anilines is 1. The largest absolute Gasteiger partial charge is 0.378 e. The van der Waals surface area contributed by atoms with Crippen LogP contribution in [0.15, 0.2) is 42.5 Å². The molecule has 2 aromatic rings. The summed E-state index contributed by atoms with van der Waals surface area (Å²) in [4.78, 5) is 0. The fourth-order valence-electron chi connectivity index (χ4n) is 2.55. The molecule has 3 rings (SSSR count). The van der Waals surface area contributed by atoms with Crippen LogP contribution in [0.2, 0.25) is 0 Å². The van der Waals surface area contributed by atoms with Gasteiger partial charge < -0.3 is 5.32 Å². The van der Waals surface area contributed by atoms with E-state index in [1.807, 2.05) is 0 Å². The van der Waals surface area contributed by atoms with Gasteiger partial charge in [-0.2, -0.15) is 0 Å². The smallest absolute Gasteiger partial charge is 0.0555 e. The molecule has 1 unspecified atom stereocenters. The maximum Gasteiger partial charge on any atom is 0.0555 e. The van der Waals surface area contributed by atoms with E-state index in [9.17, 15) is 0 Å². The predicted octanol–water partition coefficient (Wildman–Crippen LogP) is 4.01. The van der Waals surface area contributed by atoms with Gasteiger partial charge in [0, 0.05) is 5.69 Å². The molecule has 1 N–H and O–H groups in total. The Morgan fingerprint density at radius 1 is 1.00 bits per heavy atom. The van der Waals surface area contributed by atoms with Gasteiger partial charge in [0.15, 0.2) is 0 Å². The van der Waals surface area contributed by atoms with E-state index in [0.29, 0.717) is 6.04 Å². The Labute approximate surface area is 102 Å². The van der Waals surface area contributed by atoms with E-state index in [-0.39, 0.29) is 0 Å². The topological polar surface area (TPSA) is 12.0 Å².